The number of aliphatic hydroxyl groups excluding tert-OH is 1. The van der Waals surface area contributed by atoms with E-state index in [-0.39, 0.29) is 0 Å². The van der Waals surface area contributed by atoms with Gasteiger partial charge < -0.3 is 10.0 Å². The highest BCUT2D eigenvalue weighted by atomic mass is 16.3. The smallest absolute Gasteiger partial charge is 0.108 e. The lowest BCUT2D eigenvalue weighted by molar-refractivity contribution is 0.346. The second-order valence-corrected chi connectivity index (χ2v) is 2.20. The fraction of sp³-hybridized carbons (Fsp3) is 0.750. The molecule has 0 aliphatic rings. The van der Waals surface area contributed by atoms with Crippen LogP contribution in [0.25, 0.3) is 0 Å². The maximum atomic E-state index is 9.11. The van der Waals surface area contributed by atoms with Crippen LogP contribution in [0.3, 0.4) is 0 Å². The van der Waals surface area contributed by atoms with Gasteiger partial charge in [-0.15, -0.1) is 0 Å². The van der Waals surface area contributed by atoms with Crippen molar-refractivity contribution >= 4 is 0 Å². The van der Waals surface area contributed by atoms with E-state index in [1.807, 2.05) is 6.92 Å². The summed E-state index contributed by atoms with van der Waals surface area (Å²) in [5.74, 6) is 0.462. The lowest BCUT2D eigenvalue weighted by Gasteiger charge is -2.15. The molecule has 0 fully saturated rings. The summed E-state index contributed by atoms with van der Waals surface area (Å²) in [6.07, 6.45) is 2.52. The Morgan fingerprint density at radius 2 is 1.80 bits per heavy atom. The van der Waals surface area contributed by atoms with Gasteiger partial charge in [0, 0.05) is 25.7 Å². The first-order valence-corrected chi connectivity index (χ1v) is 3.88. The summed E-state index contributed by atoms with van der Waals surface area (Å²) >= 11 is 0. The monoisotopic (exact) mass is 143 g/mol. The molecule has 0 atom stereocenters. The van der Waals surface area contributed by atoms with E-state index in [1.165, 1.54) is 0 Å². The molecule has 0 aromatic rings. The van der Waals surface area contributed by atoms with Crippen molar-refractivity contribution in [3.8, 4) is 0 Å². The lowest BCUT2D eigenvalue weighted by Crippen LogP contribution is -2.16. The fourth-order valence-electron chi connectivity index (χ4n) is 0.708. The molecule has 1 N–H and O–H groups in total. The molecular weight excluding hydrogens is 126 g/mol. The van der Waals surface area contributed by atoms with Crippen LogP contribution in [0, 0.1) is 0 Å². The molecule has 0 amide bonds. The van der Waals surface area contributed by atoms with Crippen LogP contribution in [-0.2, 0) is 0 Å². The summed E-state index contributed by atoms with van der Waals surface area (Å²) < 4.78 is 0. The minimum Gasteiger partial charge on any atom is -0.511 e. The zero-order valence-electron chi connectivity index (χ0n) is 7.09. The molecule has 0 bridgehead atoms. The number of hydrogen-bond donors (Lipinski definition) is 1. The number of hydrogen-bond acceptors (Lipinski definition) is 2. The topological polar surface area (TPSA) is 23.5 Å². The van der Waals surface area contributed by atoms with Crippen molar-refractivity contribution in [1.82, 2.24) is 4.90 Å². The highest BCUT2D eigenvalue weighted by Crippen LogP contribution is 1.97. The van der Waals surface area contributed by atoms with Crippen molar-refractivity contribution in [2.75, 3.05) is 13.1 Å². The van der Waals surface area contributed by atoms with Crippen LogP contribution >= 0.6 is 0 Å². The quantitative estimate of drug-likeness (QED) is 0.609. The third-order valence-corrected chi connectivity index (χ3v) is 1.51. The van der Waals surface area contributed by atoms with Gasteiger partial charge >= 0.3 is 0 Å². The summed E-state index contributed by atoms with van der Waals surface area (Å²) in [4.78, 5) is 2.07. The summed E-state index contributed by atoms with van der Waals surface area (Å²) in [5, 5.41) is 9.11. The van der Waals surface area contributed by atoms with Crippen LogP contribution in [0.1, 0.15) is 27.2 Å². The SMILES string of the molecule is CCC(O)=CN(CC)CC. The highest BCUT2D eigenvalue weighted by molar-refractivity contribution is 4.88. The van der Waals surface area contributed by atoms with Crippen LogP contribution in [0.15, 0.2) is 12.0 Å². The van der Waals surface area contributed by atoms with E-state index in [0.29, 0.717) is 5.76 Å². The van der Waals surface area contributed by atoms with Crippen LogP contribution in [-0.4, -0.2) is 23.1 Å². The standard InChI is InChI=1S/C8H17NO/c1-4-8(10)7-9(5-2)6-3/h7,10H,4-6H2,1-3H3. The van der Waals surface area contributed by atoms with E-state index in [1.54, 1.807) is 6.20 Å². The summed E-state index contributed by atoms with van der Waals surface area (Å²) in [5.41, 5.74) is 0. The Hall–Kier alpha value is -0.660. The Labute approximate surface area is 63.2 Å². The second-order valence-electron chi connectivity index (χ2n) is 2.20. The summed E-state index contributed by atoms with van der Waals surface area (Å²) in [7, 11) is 0. The molecular formula is C8H17NO. The molecule has 0 saturated heterocycles. The van der Waals surface area contributed by atoms with Gasteiger partial charge in [-0.2, -0.15) is 0 Å². The number of aliphatic hydroxyl groups is 1. The summed E-state index contributed by atoms with van der Waals surface area (Å²) in [6.45, 7) is 8.00. The first kappa shape index (κ1) is 9.34. The van der Waals surface area contributed by atoms with Gasteiger partial charge in [0.2, 0.25) is 0 Å². The molecule has 0 unspecified atom stereocenters. The number of nitrogens with zero attached hydrogens (tertiary/aromatic N) is 1. The van der Waals surface area contributed by atoms with Gasteiger partial charge in [0.1, 0.15) is 5.76 Å². The molecule has 0 aromatic heterocycles. The summed E-state index contributed by atoms with van der Waals surface area (Å²) in [6, 6.07) is 0. The molecule has 0 saturated carbocycles. The van der Waals surface area contributed by atoms with Crippen molar-refractivity contribution in [1.29, 1.82) is 0 Å². The maximum absolute atomic E-state index is 9.11. The van der Waals surface area contributed by atoms with Gasteiger partial charge in [0.15, 0.2) is 0 Å². The van der Waals surface area contributed by atoms with E-state index in [0.717, 1.165) is 19.5 Å². The van der Waals surface area contributed by atoms with Crippen molar-refractivity contribution in [3.63, 3.8) is 0 Å². The maximum Gasteiger partial charge on any atom is 0.108 e. The number of rotatable bonds is 4. The molecule has 10 heavy (non-hydrogen) atoms. The molecule has 0 aliphatic heterocycles. The van der Waals surface area contributed by atoms with Crippen molar-refractivity contribution in [3.05, 3.63) is 12.0 Å². The Bertz CT molecular complexity index is 106. The number of allylic oxidation sites excluding steroid dienone is 1. The highest BCUT2D eigenvalue weighted by Gasteiger charge is 1.93. The fourth-order valence-corrected chi connectivity index (χ4v) is 0.708. The van der Waals surface area contributed by atoms with Crippen LogP contribution in [0.5, 0.6) is 0 Å². The van der Waals surface area contributed by atoms with Gasteiger partial charge in [-0.25, -0.2) is 0 Å². The average molecular weight is 143 g/mol. The first-order valence-electron chi connectivity index (χ1n) is 3.88. The Balaban J connectivity index is 3.80. The molecule has 0 spiro atoms. The van der Waals surface area contributed by atoms with Gasteiger partial charge in [-0.1, -0.05) is 6.92 Å². The van der Waals surface area contributed by atoms with E-state index in [4.69, 9.17) is 5.11 Å². The third-order valence-electron chi connectivity index (χ3n) is 1.51. The Morgan fingerprint density at radius 1 is 1.30 bits per heavy atom. The van der Waals surface area contributed by atoms with E-state index in [2.05, 4.69) is 18.7 Å². The largest absolute Gasteiger partial charge is 0.511 e. The van der Waals surface area contributed by atoms with Crippen LogP contribution < -0.4 is 0 Å². The zero-order valence-corrected chi connectivity index (χ0v) is 7.09. The van der Waals surface area contributed by atoms with Crippen LogP contribution in [0.2, 0.25) is 0 Å². The van der Waals surface area contributed by atoms with Gasteiger partial charge in [0.05, 0.1) is 0 Å². The van der Waals surface area contributed by atoms with E-state index < -0.39 is 0 Å². The van der Waals surface area contributed by atoms with E-state index in [9.17, 15) is 0 Å². The Morgan fingerprint density at radius 3 is 2.10 bits per heavy atom. The second kappa shape index (κ2) is 5.15. The Kier molecular flexibility index (Phi) is 4.81. The minimum atomic E-state index is 0.462. The average Bonchev–Trinajstić information content (AvgIpc) is 1.99. The molecule has 0 heterocycles. The predicted octanol–water partition coefficient (Wildman–Crippen LogP) is 2.14. The molecule has 0 aliphatic carbocycles. The minimum absolute atomic E-state index is 0.462. The van der Waals surface area contributed by atoms with Gasteiger partial charge in [-0.3, -0.25) is 0 Å². The van der Waals surface area contributed by atoms with Crippen molar-refractivity contribution in [2.24, 2.45) is 0 Å². The van der Waals surface area contributed by atoms with Gasteiger partial charge in [0.25, 0.3) is 0 Å². The molecule has 2 nitrogen and oxygen atoms in total. The first-order chi connectivity index (χ1) is 4.74. The zero-order chi connectivity index (χ0) is 7.98. The van der Waals surface area contributed by atoms with Gasteiger partial charge in [-0.05, 0) is 13.8 Å². The van der Waals surface area contributed by atoms with Crippen molar-refractivity contribution < 1.29 is 5.11 Å². The molecule has 60 valence electrons. The third kappa shape index (κ3) is 3.38. The van der Waals surface area contributed by atoms with E-state index >= 15 is 0 Å². The van der Waals surface area contributed by atoms with Crippen LogP contribution in [0.4, 0.5) is 0 Å². The molecule has 0 radical (unpaired) electrons. The lowest BCUT2D eigenvalue weighted by atomic mass is 10.4. The van der Waals surface area contributed by atoms with Crippen molar-refractivity contribution in [2.45, 2.75) is 27.2 Å². The molecule has 0 rings (SSSR count). The molecule has 2 heteroatoms. The normalized spacial score (nSPS) is 11.7. The molecule has 0 aromatic carbocycles. The predicted molar refractivity (Wildman–Crippen MR) is 43.9 cm³/mol.